The third-order valence-corrected chi connectivity index (χ3v) is 2.93. The Balaban J connectivity index is 2.37. The van der Waals surface area contributed by atoms with Gasteiger partial charge < -0.3 is 5.32 Å². The lowest BCUT2D eigenvalue weighted by molar-refractivity contribution is -0.137. The largest absolute Gasteiger partial charge is 0.417 e. The molecule has 0 radical (unpaired) electrons. The molecule has 0 unspecified atom stereocenters. The van der Waals surface area contributed by atoms with Gasteiger partial charge in [0.25, 0.3) is 0 Å². The fourth-order valence-electron chi connectivity index (χ4n) is 1.68. The maximum atomic E-state index is 12.7. The zero-order chi connectivity index (χ0) is 14.8. The average molecular weight is 297 g/mol. The summed E-state index contributed by atoms with van der Waals surface area (Å²) in [5.74, 6) is 0. The number of hydrogen-bond donors (Lipinski definition) is 1. The highest BCUT2D eigenvalue weighted by Gasteiger charge is 2.33. The van der Waals surface area contributed by atoms with Gasteiger partial charge in [0.05, 0.1) is 27.9 Å². The van der Waals surface area contributed by atoms with E-state index >= 15 is 0 Å². The van der Waals surface area contributed by atoms with Gasteiger partial charge in [-0.05, 0) is 30.3 Å². The van der Waals surface area contributed by atoms with E-state index in [9.17, 15) is 13.2 Å². The lowest BCUT2D eigenvalue weighted by Crippen LogP contribution is -2.08. The number of halogens is 4. The van der Waals surface area contributed by atoms with Gasteiger partial charge in [-0.3, -0.25) is 0 Å². The summed E-state index contributed by atoms with van der Waals surface area (Å²) in [7, 11) is 0. The van der Waals surface area contributed by atoms with Crippen molar-refractivity contribution in [2.45, 2.75) is 6.18 Å². The van der Waals surface area contributed by atoms with E-state index in [0.717, 1.165) is 12.1 Å². The summed E-state index contributed by atoms with van der Waals surface area (Å²) in [6, 6.07) is 11.6. The SMILES string of the molecule is N#Cc1cc(Nc2ccccc2Cl)ccc1C(F)(F)F. The van der Waals surface area contributed by atoms with Gasteiger partial charge in [0.15, 0.2) is 0 Å². The van der Waals surface area contributed by atoms with Crippen LogP contribution in [0.15, 0.2) is 42.5 Å². The number of nitrogens with zero attached hydrogens (tertiary/aromatic N) is 1. The fourth-order valence-corrected chi connectivity index (χ4v) is 1.86. The summed E-state index contributed by atoms with van der Waals surface area (Å²) in [4.78, 5) is 0. The van der Waals surface area contributed by atoms with E-state index in [2.05, 4.69) is 5.32 Å². The smallest absolute Gasteiger partial charge is 0.354 e. The summed E-state index contributed by atoms with van der Waals surface area (Å²) in [6.45, 7) is 0. The number of hydrogen-bond acceptors (Lipinski definition) is 2. The molecule has 0 aromatic heterocycles. The van der Waals surface area contributed by atoms with Crippen LogP contribution in [0.5, 0.6) is 0 Å². The predicted octanol–water partition coefficient (Wildman–Crippen LogP) is 4.97. The minimum absolute atomic E-state index is 0.364. The van der Waals surface area contributed by atoms with Gasteiger partial charge in [-0.1, -0.05) is 23.7 Å². The molecule has 0 aliphatic carbocycles. The number of rotatable bonds is 2. The van der Waals surface area contributed by atoms with Crippen LogP contribution in [0.4, 0.5) is 24.5 Å². The van der Waals surface area contributed by atoms with Crippen molar-refractivity contribution in [1.29, 1.82) is 5.26 Å². The van der Waals surface area contributed by atoms with Crippen LogP contribution in [0.2, 0.25) is 5.02 Å². The maximum Gasteiger partial charge on any atom is 0.417 e. The molecule has 2 nitrogen and oxygen atoms in total. The third kappa shape index (κ3) is 3.03. The van der Waals surface area contributed by atoms with Crippen LogP contribution in [0.25, 0.3) is 0 Å². The molecular weight excluding hydrogens is 289 g/mol. The Morgan fingerprint density at radius 3 is 2.40 bits per heavy atom. The van der Waals surface area contributed by atoms with Crippen molar-refractivity contribution in [2.24, 2.45) is 0 Å². The van der Waals surface area contributed by atoms with E-state index in [0.29, 0.717) is 16.4 Å². The molecule has 0 amide bonds. The third-order valence-electron chi connectivity index (χ3n) is 2.60. The Morgan fingerprint density at radius 2 is 1.80 bits per heavy atom. The number of alkyl halides is 3. The molecule has 0 saturated carbocycles. The maximum absolute atomic E-state index is 12.7. The Labute approximate surface area is 118 Å². The lowest BCUT2D eigenvalue weighted by Gasteiger charge is -2.12. The van der Waals surface area contributed by atoms with Crippen molar-refractivity contribution in [1.82, 2.24) is 0 Å². The first-order chi connectivity index (χ1) is 9.41. The zero-order valence-corrected chi connectivity index (χ0v) is 10.8. The monoisotopic (exact) mass is 296 g/mol. The first kappa shape index (κ1) is 14.2. The van der Waals surface area contributed by atoms with Crippen LogP contribution in [0, 0.1) is 11.3 Å². The van der Waals surface area contributed by atoms with E-state index in [-0.39, 0.29) is 0 Å². The number of anilines is 2. The molecule has 20 heavy (non-hydrogen) atoms. The number of para-hydroxylation sites is 1. The van der Waals surface area contributed by atoms with Gasteiger partial charge in [-0.15, -0.1) is 0 Å². The molecular formula is C14H8ClF3N2. The highest BCUT2D eigenvalue weighted by molar-refractivity contribution is 6.33. The van der Waals surface area contributed by atoms with Crippen LogP contribution in [-0.2, 0) is 6.18 Å². The van der Waals surface area contributed by atoms with Gasteiger partial charge in [0.2, 0.25) is 0 Å². The second kappa shape index (κ2) is 5.43. The van der Waals surface area contributed by atoms with Crippen molar-refractivity contribution in [3.63, 3.8) is 0 Å². The summed E-state index contributed by atoms with van der Waals surface area (Å²) in [6.07, 6.45) is -4.55. The Kier molecular flexibility index (Phi) is 3.86. The second-order valence-electron chi connectivity index (χ2n) is 3.97. The second-order valence-corrected chi connectivity index (χ2v) is 4.38. The first-order valence-corrected chi connectivity index (χ1v) is 5.92. The molecule has 0 atom stereocenters. The normalized spacial score (nSPS) is 10.9. The summed E-state index contributed by atoms with van der Waals surface area (Å²) >= 11 is 5.94. The molecule has 0 spiro atoms. The Hall–Kier alpha value is -2.19. The number of nitriles is 1. The molecule has 1 N–H and O–H groups in total. The lowest BCUT2D eigenvalue weighted by atomic mass is 10.1. The van der Waals surface area contributed by atoms with Crippen molar-refractivity contribution >= 4 is 23.0 Å². The molecule has 0 saturated heterocycles. The first-order valence-electron chi connectivity index (χ1n) is 5.54. The number of benzene rings is 2. The molecule has 0 bridgehead atoms. The molecule has 0 fully saturated rings. The molecule has 2 aromatic carbocycles. The zero-order valence-electron chi connectivity index (χ0n) is 10.0. The molecule has 2 aromatic rings. The average Bonchev–Trinajstić information content (AvgIpc) is 2.40. The van der Waals surface area contributed by atoms with Crippen LogP contribution < -0.4 is 5.32 Å². The highest BCUT2D eigenvalue weighted by atomic mass is 35.5. The van der Waals surface area contributed by atoms with Gasteiger partial charge in [0.1, 0.15) is 0 Å². The van der Waals surface area contributed by atoms with Crippen molar-refractivity contribution in [3.05, 3.63) is 58.6 Å². The fraction of sp³-hybridized carbons (Fsp3) is 0.0714. The molecule has 6 heteroatoms. The minimum atomic E-state index is -4.55. The standard InChI is InChI=1S/C14H8ClF3N2/c15-12-3-1-2-4-13(12)20-10-5-6-11(14(16,17)18)9(7-10)8-19/h1-7,20H. The Morgan fingerprint density at radius 1 is 1.10 bits per heavy atom. The topological polar surface area (TPSA) is 35.8 Å². The van der Waals surface area contributed by atoms with Crippen LogP contribution in [0.1, 0.15) is 11.1 Å². The minimum Gasteiger partial charge on any atom is -0.354 e. The van der Waals surface area contributed by atoms with Crippen LogP contribution in [0.3, 0.4) is 0 Å². The van der Waals surface area contributed by atoms with Crippen molar-refractivity contribution < 1.29 is 13.2 Å². The van der Waals surface area contributed by atoms with E-state index in [1.54, 1.807) is 30.3 Å². The Bertz CT molecular complexity index is 675. The van der Waals surface area contributed by atoms with Crippen molar-refractivity contribution in [2.75, 3.05) is 5.32 Å². The van der Waals surface area contributed by atoms with E-state index in [4.69, 9.17) is 16.9 Å². The van der Waals surface area contributed by atoms with Gasteiger partial charge in [-0.25, -0.2) is 0 Å². The molecule has 0 aliphatic heterocycles. The van der Waals surface area contributed by atoms with E-state index in [1.165, 1.54) is 6.07 Å². The van der Waals surface area contributed by atoms with Gasteiger partial charge >= 0.3 is 6.18 Å². The van der Waals surface area contributed by atoms with E-state index < -0.39 is 17.3 Å². The van der Waals surface area contributed by atoms with Crippen LogP contribution >= 0.6 is 11.6 Å². The summed E-state index contributed by atoms with van der Waals surface area (Å²) in [5.41, 5.74) is -0.472. The summed E-state index contributed by atoms with van der Waals surface area (Å²) in [5, 5.41) is 12.1. The van der Waals surface area contributed by atoms with Gasteiger partial charge in [0, 0.05) is 5.69 Å². The van der Waals surface area contributed by atoms with E-state index in [1.807, 2.05) is 0 Å². The van der Waals surface area contributed by atoms with Crippen molar-refractivity contribution in [3.8, 4) is 6.07 Å². The number of nitrogens with one attached hydrogen (secondary N) is 1. The summed E-state index contributed by atoms with van der Waals surface area (Å²) < 4.78 is 38.0. The molecule has 2 rings (SSSR count). The highest BCUT2D eigenvalue weighted by Crippen LogP contribution is 2.34. The van der Waals surface area contributed by atoms with Gasteiger partial charge in [-0.2, -0.15) is 18.4 Å². The molecule has 0 aliphatic rings. The predicted molar refractivity (Wildman–Crippen MR) is 70.9 cm³/mol. The van der Waals surface area contributed by atoms with Crippen LogP contribution in [-0.4, -0.2) is 0 Å². The quantitative estimate of drug-likeness (QED) is 0.849. The molecule has 0 heterocycles. The molecule has 102 valence electrons.